The predicted molar refractivity (Wildman–Crippen MR) is 91.6 cm³/mol. The first-order valence-electron chi connectivity index (χ1n) is 7.33. The molecule has 0 aliphatic carbocycles. The number of rotatable bonds is 3. The molecule has 0 saturated heterocycles. The Hall–Kier alpha value is -2.25. The number of halogens is 5. The minimum atomic E-state index is -4.56. The number of ether oxygens (including phenoxy) is 1. The first kappa shape index (κ1) is 18.5. The third kappa shape index (κ3) is 3.64. The van der Waals surface area contributed by atoms with Crippen molar-refractivity contribution in [1.82, 2.24) is 9.78 Å². The van der Waals surface area contributed by atoms with Crippen molar-refractivity contribution in [3.8, 4) is 5.69 Å². The number of carbonyl (C=O) groups excluding carboxylic acids is 1. The summed E-state index contributed by atoms with van der Waals surface area (Å²) in [5.74, 6) is -0.424. The first-order chi connectivity index (χ1) is 12.2. The molecule has 0 spiro atoms. The van der Waals surface area contributed by atoms with E-state index >= 15 is 0 Å². The summed E-state index contributed by atoms with van der Waals surface area (Å²) in [6.45, 7) is 1.36. The second-order valence-electron chi connectivity index (χ2n) is 5.52. The Morgan fingerprint density at radius 1 is 1.19 bits per heavy atom. The maximum atomic E-state index is 12.9. The molecule has 9 heteroatoms. The molecule has 0 aliphatic heterocycles. The Kier molecular flexibility index (Phi) is 4.86. The fraction of sp³-hybridized carbons (Fsp3) is 0.176. The Morgan fingerprint density at radius 2 is 1.85 bits per heavy atom. The van der Waals surface area contributed by atoms with Gasteiger partial charge >= 0.3 is 12.1 Å². The summed E-state index contributed by atoms with van der Waals surface area (Å²) in [6, 6.07) is 6.82. The van der Waals surface area contributed by atoms with E-state index in [1.807, 2.05) is 0 Å². The highest BCUT2D eigenvalue weighted by Gasteiger charge is 2.32. The standard InChI is InChI=1S/C17H11Cl2F3N2O2/c1-9(25)26-8-10-2-3-11-7-23-24(15(11)4-10)16-13(18)5-12(6-14(16)19)17(20,21)22/h2-7H,8H2,1H3. The molecule has 4 nitrogen and oxygen atoms in total. The number of carbonyl (C=O) groups is 1. The molecule has 0 bridgehead atoms. The maximum Gasteiger partial charge on any atom is 0.416 e. The lowest BCUT2D eigenvalue weighted by molar-refractivity contribution is -0.142. The molecule has 0 fully saturated rings. The second-order valence-corrected chi connectivity index (χ2v) is 6.33. The minimum absolute atomic E-state index is 0.0604. The Morgan fingerprint density at radius 3 is 2.42 bits per heavy atom. The van der Waals surface area contributed by atoms with Crippen molar-refractivity contribution >= 4 is 40.1 Å². The molecule has 0 saturated carbocycles. The van der Waals surface area contributed by atoms with Crippen molar-refractivity contribution < 1.29 is 22.7 Å². The summed E-state index contributed by atoms with van der Waals surface area (Å²) in [4.78, 5) is 11.0. The zero-order valence-corrected chi connectivity index (χ0v) is 14.8. The molecule has 1 heterocycles. The van der Waals surface area contributed by atoms with E-state index < -0.39 is 17.7 Å². The van der Waals surface area contributed by atoms with Crippen LogP contribution in [0.5, 0.6) is 0 Å². The van der Waals surface area contributed by atoms with Gasteiger partial charge in [-0.2, -0.15) is 18.3 Å². The highest BCUT2D eigenvalue weighted by atomic mass is 35.5. The van der Waals surface area contributed by atoms with E-state index in [4.69, 9.17) is 27.9 Å². The van der Waals surface area contributed by atoms with Crippen LogP contribution in [-0.4, -0.2) is 15.7 Å². The third-order valence-corrected chi connectivity index (χ3v) is 4.21. The lowest BCUT2D eigenvalue weighted by Crippen LogP contribution is -2.07. The SMILES string of the molecule is CC(=O)OCc1ccc2cnn(-c3c(Cl)cc(C(F)(F)F)cc3Cl)c2c1. The molecule has 136 valence electrons. The van der Waals surface area contributed by atoms with Crippen LogP contribution in [0.3, 0.4) is 0 Å². The number of fused-ring (bicyclic) bond motifs is 1. The van der Waals surface area contributed by atoms with Gasteiger partial charge in [0.05, 0.1) is 27.3 Å². The van der Waals surface area contributed by atoms with Gasteiger partial charge < -0.3 is 4.74 Å². The quantitative estimate of drug-likeness (QED) is 0.549. The van der Waals surface area contributed by atoms with Gasteiger partial charge in [-0.3, -0.25) is 4.79 Å². The average molecular weight is 403 g/mol. The number of alkyl halides is 3. The van der Waals surface area contributed by atoms with Gasteiger partial charge in [-0.05, 0) is 23.8 Å². The lowest BCUT2D eigenvalue weighted by Gasteiger charge is -2.13. The molecule has 0 atom stereocenters. The largest absolute Gasteiger partial charge is 0.461 e. The van der Waals surface area contributed by atoms with Crippen LogP contribution >= 0.6 is 23.2 Å². The van der Waals surface area contributed by atoms with Crippen LogP contribution in [0.2, 0.25) is 10.0 Å². The van der Waals surface area contributed by atoms with Gasteiger partial charge in [-0.1, -0.05) is 35.3 Å². The van der Waals surface area contributed by atoms with E-state index in [2.05, 4.69) is 5.10 Å². The first-order valence-corrected chi connectivity index (χ1v) is 8.09. The van der Waals surface area contributed by atoms with Gasteiger partial charge in [-0.15, -0.1) is 0 Å². The molecule has 0 unspecified atom stereocenters. The zero-order chi connectivity index (χ0) is 19.1. The van der Waals surface area contributed by atoms with Crippen LogP contribution < -0.4 is 0 Å². The van der Waals surface area contributed by atoms with Crippen LogP contribution in [0.25, 0.3) is 16.6 Å². The molecule has 0 radical (unpaired) electrons. The number of hydrogen-bond acceptors (Lipinski definition) is 3. The smallest absolute Gasteiger partial charge is 0.416 e. The van der Waals surface area contributed by atoms with Crippen LogP contribution in [0.15, 0.2) is 36.5 Å². The number of aromatic nitrogens is 2. The molecule has 3 aromatic rings. The number of hydrogen-bond donors (Lipinski definition) is 0. The number of nitrogens with zero attached hydrogens (tertiary/aromatic N) is 2. The fourth-order valence-electron chi connectivity index (χ4n) is 2.45. The van der Waals surface area contributed by atoms with Crippen molar-refractivity contribution in [3.63, 3.8) is 0 Å². The van der Waals surface area contributed by atoms with E-state index in [0.29, 0.717) is 11.1 Å². The van der Waals surface area contributed by atoms with E-state index in [9.17, 15) is 18.0 Å². The molecule has 1 aromatic heterocycles. The van der Waals surface area contributed by atoms with Gasteiger partial charge in [0.25, 0.3) is 0 Å². The summed E-state index contributed by atoms with van der Waals surface area (Å²) in [5, 5.41) is 4.54. The molecule has 3 rings (SSSR count). The molecule has 2 aromatic carbocycles. The monoisotopic (exact) mass is 402 g/mol. The highest BCUT2D eigenvalue weighted by molar-refractivity contribution is 6.38. The van der Waals surface area contributed by atoms with Crippen LogP contribution in [0, 0.1) is 0 Å². The third-order valence-electron chi connectivity index (χ3n) is 3.63. The molecular weight excluding hydrogens is 392 g/mol. The van der Waals surface area contributed by atoms with Crippen molar-refractivity contribution in [2.75, 3.05) is 0 Å². The lowest BCUT2D eigenvalue weighted by atomic mass is 10.1. The number of esters is 1. The van der Waals surface area contributed by atoms with Crippen molar-refractivity contribution in [2.45, 2.75) is 19.7 Å². The van der Waals surface area contributed by atoms with Crippen LogP contribution in [0.1, 0.15) is 18.1 Å². The molecular formula is C17H11Cl2F3N2O2. The van der Waals surface area contributed by atoms with Gasteiger partial charge in [0.2, 0.25) is 0 Å². The van der Waals surface area contributed by atoms with E-state index in [1.165, 1.54) is 17.8 Å². The van der Waals surface area contributed by atoms with E-state index in [1.54, 1.807) is 18.2 Å². The van der Waals surface area contributed by atoms with E-state index in [0.717, 1.165) is 17.5 Å². The molecule has 0 amide bonds. The Bertz CT molecular complexity index is 976. The Labute approximate surface area is 156 Å². The predicted octanol–water partition coefficient (Wildman–Crippen LogP) is 5.41. The number of benzene rings is 2. The van der Waals surface area contributed by atoms with Crippen LogP contribution in [-0.2, 0) is 22.3 Å². The molecule has 26 heavy (non-hydrogen) atoms. The summed E-state index contributed by atoms with van der Waals surface area (Å²) in [6.07, 6.45) is -3.02. The van der Waals surface area contributed by atoms with Gasteiger partial charge in [0.1, 0.15) is 12.3 Å². The van der Waals surface area contributed by atoms with Crippen molar-refractivity contribution in [1.29, 1.82) is 0 Å². The second kappa shape index (κ2) is 6.81. The molecule has 0 aliphatic rings. The van der Waals surface area contributed by atoms with E-state index in [-0.39, 0.29) is 22.3 Å². The fourth-order valence-corrected chi connectivity index (χ4v) is 3.10. The van der Waals surface area contributed by atoms with Gasteiger partial charge in [0, 0.05) is 12.3 Å². The summed E-state index contributed by atoms with van der Waals surface area (Å²) in [5.41, 5.74) is 0.455. The highest BCUT2D eigenvalue weighted by Crippen LogP contribution is 2.38. The molecule has 0 N–H and O–H groups in total. The van der Waals surface area contributed by atoms with Crippen LogP contribution in [0.4, 0.5) is 13.2 Å². The van der Waals surface area contributed by atoms with Crippen molar-refractivity contribution in [2.24, 2.45) is 0 Å². The average Bonchev–Trinajstić information content (AvgIpc) is 2.94. The normalized spacial score (nSPS) is 11.8. The topological polar surface area (TPSA) is 44.1 Å². The summed E-state index contributed by atoms with van der Waals surface area (Å²) < 4.78 is 45.0. The van der Waals surface area contributed by atoms with Gasteiger partial charge in [-0.25, -0.2) is 4.68 Å². The van der Waals surface area contributed by atoms with Gasteiger partial charge in [0.15, 0.2) is 0 Å². The summed E-state index contributed by atoms with van der Waals surface area (Å²) >= 11 is 12.1. The summed E-state index contributed by atoms with van der Waals surface area (Å²) in [7, 11) is 0. The maximum absolute atomic E-state index is 12.9. The Balaban J connectivity index is 2.10. The van der Waals surface area contributed by atoms with Crippen molar-refractivity contribution in [3.05, 3.63) is 57.7 Å². The minimum Gasteiger partial charge on any atom is -0.461 e. The zero-order valence-electron chi connectivity index (χ0n) is 13.3.